The standard InChI is InChI=1S/C13H15F2N3O/c1-13(14,15)11-7-12(16)18(17-11)8-9-3-5-10(19-2)6-4-9/h3-7H,8,16H2,1-2H3. The lowest BCUT2D eigenvalue weighted by Gasteiger charge is -2.07. The van der Waals surface area contributed by atoms with Crippen LogP contribution in [0.25, 0.3) is 0 Å². The fourth-order valence-electron chi connectivity index (χ4n) is 1.68. The number of nitrogens with two attached hydrogens (primary N) is 1. The van der Waals surface area contributed by atoms with Crippen LogP contribution < -0.4 is 10.5 Å². The molecule has 6 heteroatoms. The van der Waals surface area contributed by atoms with Gasteiger partial charge in [0.25, 0.3) is 5.92 Å². The van der Waals surface area contributed by atoms with Crippen molar-refractivity contribution in [2.24, 2.45) is 0 Å². The number of alkyl halides is 2. The maximum atomic E-state index is 13.1. The van der Waals surface area contributed by atoms with E-state index in [1.165, 1.54) is 10.7 Å². The number of halogens is 2. The molecule has 0 aliphatic carbocycles. The van der Waals surface area contributed by atoms with Gasteiger partial charge in [-0.1, -0.05) is 12.1 Å². The molecule has 0 radical (unpaired) electrons. The van der Waals surface area contributed by atoms with Gasteiger partial charge in [0.15, 0.2) is 0 Å². The first-order valence-electron chi connectivity index (χ1n) is 5.74. The molecule has 0 aliphatic rings. The minimum Gasteiger partial charge on any atom is -0.497 e. The van der Waals surface area contributed by atoms with Crippen molar-refractivity contribution < 1.29 is 13.5 Å². The highest BCUT2D eigenvalue weighted by molar-refractivity contribution is 5.34. The summed E-state index contributed by atoms with van der Waals surface area (Å²) < 4.78 is 32.7. The molecule has 2 aromatic rings. The van der Waals surface area contributed by atoms with Crippen molar-refractivity contribution in [3.63, 3.8) is 0 Å². The molecule has 0 bridgehead atoms. The van der Waals surface area contributed by atoms with Crippen molar-refractivity contribution in [2.45, 2.75) is 19.4 Å². The van der Waals surface area contributed by atoms with Crippen LogP contribution in [0.5, 0.6) is 5.75 Å². The highest BCUT2D eigenvalue weighted by atomic mass is 19.3. The molecule has 2 rings (SSSR count). The first-order chi connectivity index (χ1) is 8.90. The number of hydrogen-bond donors (Lipinski definition) is 1. The number of ether oxygens (including phenoxy) is 1. The van der Waals surface area contributed by atoms with E-state index in [1.54, 1.807) is 19.2 Å². The van der Waals surface area contributed by atoms with E-state index in [0.717, 1.165) is 18.2 Å². The van der Waals surface area contributed by atoms with Crippen LogP contribution in [0.15, 0.2) is 30.3 Å². The fourth-order valence-corrected chi connectivity index (χ4v) is 1.68. The predicted octanol–water partition coefficient (Wildman–Crippen LogP) is 2.63. The summed E-state index contributed by atoms with van der Waals surface area (Å²) in [6.45, 7) is 1.14. The van der Waals surface area contributed by atoms with Crippen LogP contribution in [0.1, 0.15) is 18.2 Å². The molecule has 0 saturated carbocycles. The van der Waals surface area contributed by atoms with Gasteiger partial charge in [-0.2, -0.15) is 13.9 Å². The third kappa shape index (κ3) is 3.01. The van der Waals surface area contributed by atoms with Gasteiger partial charge < -0.3 is 10.5 Å². The summed E-state index contributed by atoms with van der Waals surface area (Å²) in [5.74, 6) is -2.04. The van der Waals surface area contributed by atoms with Gasteiger partial charge >= 0.3 is 0 Å². The first kappa shape index (κ1) is 13.3. The molecule has 0 spiro atoms. The largest absolute Gasteiger partial charge is 0.497 e. The van der Waals surface area contributed by atoms with E-state index in [1.807, 2.05) is 12.1 Å². The van der Waals surface area contributed by atoms with Gasteiger partial charge in [-0.05, 0) is 17.7 Å². The summed E-state index contributed by atoms with van der Waals surface area (Å²) in [7, 11) is 1.58. The van der Waals surface area contributed by atoms with Crippen molar-refractivity contribution in [2.75, 3.05) is 12.8 Å². The third-order valence-electron chi connectivity index (χ3n) is 2.75. The summed E-state index contributed by atoms with van der Waals surface area (Å²) in [6, 6.07) is 8.46. The van der Waals surface area contributed by atoms with E-state index in [-0.39, 0.29) is 11.5 Å². The average Bonchev–Trinajstić information content (AvgIpc) is 2.72. The average molecular weight is 267 g/mol. The normalized spacial score (nSPS) is 11.6. The maximum Gasteiger partial charge on any atom is 0.288 e. The number of nitrogens with zero attached hydrogens (tertiary/aromatic N) is 2. The second-order valence-corrected chi connectivity index (χ2v) is 4.35. The number of methoxy groups -OCH3 is 1. The van der Waals surface area contributed by atoms with Crippen molar-refractivity contribution in [3.05, 3.63) is 41.6 Å². The Balaban J connectivity index is 2.20. The quantitative estimate of drug-likeness (QED) is 0.926. The Morgan fingerprint density at radius 2 is 1.95 bits per heavy atom. The summed E-state index contributed by atoms with van der Waals surface area (Å²) in [6.07, 6.45) is 0. The van der Waals surface area contributed by atoms with E-state index >= 15 is 0 Å². The van der Waals surface area contributed by atoms with E-state index in [2.05, 4.69) is 5.10 Å². The second-order valence-electron chi connectivity index (χ2n) is 4.35. The number of rotatable bonds is 4. The second kappa shape index (κ2) is 4.87. The number of hydrogen-bond acceptors (Lipinski definition) is 3. The molecule has 0 aliphatic heterocycles. The summed E-state index contributed by atoms with van der Waals surface area (Å²) in [4.78, 5) is 0. The van der Waals surface area contributed by atoms with Crippen LogP contribution >= 0.6 is 0 Å². The van der Waals surface area contributed by atoms with E-state index in [4.69, 9.17) is 10.5 Å². The number of nitrogen functional groups attached to an aromatic ring is 1. The molecule has 0 saturated heterocycles. The smallest absolute Gasteiger partial charge is 0.288 e. The number of anilines is 1. The monoisotopic (exact) mass is 267 g/mol. The molecular formula is C13H15F2N3O. The lowest BCUT2D eigenvalue weighted by atomic mass is 10.2. The SMILES string of the molecule is COc1ccc(Cn2nc(C(C)(F)F)cc2N)cc1. The van der Waals surface area contributed by atoms with Crippen LogP contribution in [-0.4, -0.2) is 16.9 Å². The van der Waals surface area contributed by atoms with Crippen molar-refractivity contribution >= 4 is 5.82 Å². The van der Waals surface area contributed by atoms with Crippen LogP contribution in [0.4, 0.5) is 14.6 Å². The Morgan fingerprint density at radius 1 is 1.32 bits per heavy atom. The zero-order valence-corrected chi connectivity index (χ0v) is 10.7. The van der Waals surface area contributed by atoms with Gasteiger partial charge in [0.2, 0.25) is 0 Å². The van der Waals surface area contributed by atoms with E-state index in [9.17, 15) is 8.78 Å². The topological polar surface area (TPSA) is 53.1 Å². The zero-order chi connectivity index (χ0) is 14.0. The summed E-state index contributed by atoms with van der Waals surface area (Å²) in [5, 5.41) is 3.83. The molecule has 0 unspecified atom stereocenters. The Bertz CT molecular complexity index is 558. The lowest BCUT2D eigenvalue weighted by Crippen LogP contribution is -2.10. The summed E-state index contributed by atoms with van der Waals surface area (Å²) >= 11 is 0. The van der Waals surface area contributed by atoms with E-state index in [0.29, 0.717) is 6.54 Å². The van der Waals surface area contributed by atoms with Gasteiger partial charge in [0.05, 0.1) is 13.7 Å². The van der Waals surface area contributed by atoms with Crippen molar-refractivity contribution in [1.29, 1.82) is 0 Å². The molecule has 102 valence electrons. The van der Waals surface area contributed by atoms with Gasteiger partial charge in [-0.15, -0.1) is 0 Å². The molecule has 1 aromatic heterocycles. The molecule has 1 aromatic carbocycles. The lowest BCUT2D eigenvalue weighted by molar-refractivity contribution is 0.0121. The molecule has 4 nitrogen and oxygen atoms in total. The maximum absolute atomic E-state index is 13.1. The minimum absolute atomic E-state index is 0.215. The summed E-state index contributed by atoms with van der Waals surface area (Å²) in [5.41, 5.74) is 6.27. The third-order valence-corrected chi connectivity index (χ3v) is 2.75. The van der Waals surface area contributed by atoms with Crippen LogP contribution in [0.3, 0.4) is 0 Å². The number of benzene rings is 1. The molecule has 1 heterocycles. The number of aromatic nitrogens is 2. The van der Waals surface area contributed by atoms with Crippen molar-refractivity contribution in [1.82, 2.24) is 9.78 Å². The van der Waals surface area contributed by atoms with Crippen LogP contribution in [0.2, 0.25) is 0 Å². The van der Waals surface area contributed by atoms with Crippen LogP contribution in [0, 0.1) is 0 Å². The molecule has 0 atom stereocenters. The van der Waals surface area contributed by atoms with Gasteiger partial charge in [-0.3, -0.25) is 0 Å². The van der Waals surface area contributed by atoms with E-state index < -0.39 is 5.92 Å². The highest BCUT2D eigenvalue weighted by Crippen LogP contribution is 2.27. The zero-order valence-electron chi connectivity index (χ0n) is 10.7. The van der Waals surface area contributed by atoms with Gasteiger partial charge in [0, 0.05) is 13.0 Å². The predicted molar refractivity (Wildman–Crippen MR) is 68.3 cm³/mol. The molecule has 19 heavy (non-hydrogen) atoms. The Labute approximate surface area is 109 Å². The highest BCUT2D eigenvalue weighted by Gasteiger charge is 2.28. The minimum atomic E-state index is -2.99. The van der Waals surface area contributed by atoms with Crippen molar-refractivity contribution in [3.8, 4) is 5.75 Å². The Hall–Kier alpha value is -2.11. The Morgan fingerprint density at radius 3 is 2.42 bits per heavy atom. The Kier molecular flexibility index (Phi) is 3.42. The van der Waals surface area contributed by atoms with Gasteiger partial charge in [-0.25, -0.2) is 4.68 Å². The van der Waals surface area contributed by atoms with Gasteiger partial charge in [0.1, 0.15) is 17.3 Å². The first-order valence-corrected chi connectivity index (χ1v) is 5.74. The molecule has 0 amide bonds. The molecular weight excluding hydrogens is 252 g/mol. The fraction of sp³-hybridized carbons (Fsp3) is 0.308. The molecule has 2 N–H and O–H groups in total. The molecule has 0 fully saturated rings. The van der Waals surface area contributed by atoms with Crippen LogP contribution in [-0.2, 0) is 12.5 Å².